The molecule has 0 aliphatic heterocycles. The molecular weight excluding hydrogens is 158 g/mol. The molecule has 0 atom stereocenters. The minimum Gasteiger partial charge on any atom is -0.316 e. The first-order valence-corrected chi connectivity index (χ1v) is 4.76. The molecule has 0 unspecified atom stereocenters. The topological polar surface area (TPSA) is 12.0 Å². The molecule has 0 bridgehead atoms. The van der Waals surface area contributed by atoms with Crippen LogP contribution in [0.2, 0.25) is 0 Å². The molecule has 0 aromatic carbocycles. The first-order valence-electron chi connectivity index (χ1n) is 4.76. The van der Waals surface area contributed by atoms with Gasteiger partial charge in [-0.25, -0.2) is 0 Å². The summed E-state index contributed by atoms with van der Waals surface area (Å²) >= 11 is 0. The molecule has 0 heterocycles. The van der Waals surface area contributed by atoms with Gasteiger partial charge in [0.25, 0.3) is 0 Å². The van der Waals surface area contributed by atoms with E-state index in [9.17, 15) is 0 Å². The third-order valence-electron chi connectivity index (χ3n) is 1.92. The quantitative estimate of drug-likeness (QED) is 0.640. The summed E-state index contributed by atoms with van der Waals surface area (Å²) < 4.78 is 0. The van der Waals surface area contributed by atoms with E-state index in [0.29, 0.717) is 5.92 Å². The predicted octanol–water partition coefficient (Wildman–Crippen LogP) is 2.92. The van der Waals surface area contributed by atoms with E-state index < -0.39 is 0 Å². The molecule has 1 N–H and O–H groups in total. The Kier molecular flexibility index (Phi) is 6.25. The van der Waals surface area contributed by atoms with Gasteiger partial charge in [0.05, 0.1) is 0 Å². The van der Waals surface area contributed by atoms with E-state index in [-0.39, 0.29) is 0 Å². The maximum absolute atomic E-state index is 3.79. The number of hydrogen-bond donors (Lipinski definition) is 1. The smallest absolute Gasteiger partial charge is 0.0161 e. The van der Waals surface area contributed by atoms with Gasteiger partial charge in [-0.3, -0.25) is 0 Å². The Balaban J connectivity index is 4.35. The van der Waals surface area contributed by atoms with E-state index in [1.165, 1.54) is 11.1 Å². The molecule has 0 fully saturated rings. The molecule has 0 rings (SSSR count). The van der Waals surface area contributed by atoms with E-state index in [2.05, 4.69) is 44.8 Å². The van der Waals surface area contributed by atoms with Crippen molar-refractivity contribution >= 4 is 0 Å². The second-order valence-corrected chi connectivity index (χ2v) is 3.57. The number of nitrogens with one attached hydrogen (secondary N) is 1. The van der Waals surface area contributed by atoms with Crippen LogP contribution >= 0.6 is 0 Å². The largest absolute Gasteiger partial charge is 0.316 e. The first kappa shape index (κ1) is 12.2. The number of rotatable bonds is 5. The Morgan fingerprint density at radius 1 is 1.38 bits per heavy atom. The van der Waals surface area contributed by atoms with Crippen LogP contribution in [0.25, 0.3) is 0 Å². The molecule has 0 saturated heterocycles. The SMILES string of the molecule is C=C/C(=C\C=C(/C)CNC)C(C)C. The fraction of sp³-hybridized carbons (Fsp3) is 0.500. The van der Waals surface area contributed by atoms with Crippen molar-refractivity contribution in [3.63, 3.8) is 0 Å². The maximum atomic E-state index is 3.79. The molecule has 0 spiro atoms. The van der Waals surface area contributed by atoms with Gasteiger partial charge in [-0.15, -0.1) is 0 Å². The van der Waals surface area contributed by atoms with Gasteiger partial charge < -0.3 is 5.32 Å². The number of hydrogen-bond acceptors (Lipinski definition) is 1. The minimum absolute atomic E-state index is 0.552. The van der Waals surface area contributed by atoms with Crippen molar-refractivity contribution in [2.75, 3.05) is 13.6 Å². The summed E-state index contributed by atoms with van der Waals surface area (Å²) in [5, 5.41) is 3.12. The summed E-state index contributed by atoms with van der Waals surface area (Å²) in [5.41, 5.74) is 2.62. The molecule has 0 aromatic heterocycles. The van der Waals surface area contributed by atoms with Crippen molar-refractivity contribution in [2.24, 2.45) is 5.92 Å². The summed E-state index contributed by atoms with van der Waals surface area (Å²) in [7, 11) is 1.96. The van der Waals surface area contributed by atoms with Gasteiger partial charge in [-0.2, -0.15) is 0 Å². The highest BCUT2D eigenvalue weighted by atomic mass is 14.8. The van der Waals surface area contributed by atoms with Crippen molar-refractivity contribution in [1.29, 1.82) is 0 Å². The van der Waals surface area contributed by atoms with Crippen LogP contribution in [-0.4, -0.2) is 13.6 Å². The second kappa shape index (κ2) is 6.67. The normalized spacial score (nSPS) is 13.6. The van der Waals surface area contributed by atoms with Gasteiger partial charge in [0, 0.05) is 6.54 Å². The van der Waals surface area contributed by atoms with Crippen LogP contribution in [0.15, 0.2) is 36.0 Å². The van der Waals surface area contributed by atoms with Gasteiger partial charge in [-0.1, -0.05) is 44.2 Å². The lowest BCUT2D eigenvalue weighted by Crippen LogP contribution is -2.08. The standard InChI is InChI=1S/C12H21N/c1-6-12(10(2)3)8-7-11(4)9-13-5/h6-8,10,13H,1,9H2,2-5H3/b11-7+,12-8+. The van der Waals surface area contributed by atoms with Crippen molar-refractivity contribution in [2.45, 2.75) is 20.8 Å². The zero-order valence-corrected chi connectivity index (χ0v) is 9.22. The van der Waals surface area contributed by atoms with Gasteiger partial charge in [-0.05, 0) is 25.5 Å². The lowest BCUT2D eigenvalue weighted by molar-refractivity contribution is 0.792. The zero-order chi connectivity index (χ0) is 10.3. The molecule has 0 saturated carbocycles. The third-order valence-corrected chi connectivity index (χ3v) is 1.92. The lowest BCUT2D eigenvalue weighted by atomic mass is 10.0. The molecular formula is C12H21N. The Hall–Kier alpha value is -0.820. The molecule has 0 radical (unpaired) electrons. The van der Waals surface area contributed by atoms with Gasteiger partial charge in [0.1, 0.15) is 0 Å². The Bertz CT molecular complexity index is 209. The van der Waals surface area contributed by atoms with E-state index in [0.717, 1.165) is 6.54 Å². The molecule has 13 heavy (non-hydrogen) atoms. The van der Waals surface area contributed by atoms with E-state index in [1.54, 1.807) is 0 Å². The van der Waals surface area contributed by atoms with Crippen molar-refractivity contribution in [1.82, 2.24) is 5.32 Å². The zero-order valence-electron chi connectivity index (χ0n) is 9.22. The van der Waals surface area contributed by atoms with Crippen LogP contribution in [0.3, 0.4) is 0 Å². The molecule has 74 valence electrons. The van der Waals surface area contributed by atoms with Gasteiger partial charge in [0.15, 0.2) is 0 Å². The first-order chi connectivity index (χ1) is 6.11. The van der Waals surface area contributed by atoms with Crippen LogP contribution in [0, 0.1) is 5.92 Å². The number of likely N-dealkylation sites (N-methyl/N-ethyl adjacent to an activating group) is 1. The highest BCUT2D eigenvalue weighted by molar-refractivity contribution is 5.25. The van der Waals surface area contributed by atoms with Gasteiger partial charge >= 0.3 is 0 Å². The predicted molar refractivity (Wildman–Crippen MR) is 60.8 cm³/mol. The van der Waals surface area contributed by atoms with Crippen molar-refractivity contribution in [3.05, 3.63) is 36.0 Å². The summed E-state index contributed by atoms with van der Waals surface area (Å²) in [6.07, 6.45) is 6.21. The Morgan fingerprint density at radius 2 is 2.00 bits per heavy atom. The molecule has 0 amide bonds. The van der Waals surface area contributed by atoms with E-state index in [1.807, 2.05) is 13.1 Å². The van der Waals surface area contributed by atoms with E-state index in [4.69, 9.17) is 0 Å². The minimum atomic E-state index is 0.552. The van der Waals surface area contributed by atoms with Crippen LogP contribution in [0.4, 0.5) is 0 Å². The average Bonchev–Trinajstić information content (AvgIpc) is 2.05. The van der Waals surface area contributed by atoms with Crippen LogP contribution in [0.1, 0.15) is 20.8 Å². The third kappa shape index (κ3) is 5.42. The average molecular weight is 179 g/mol. The van der Waals surface area contributed by atoms with Gasteiger partial charge in [0.2, 0.25) is 0 Å². The van der Waals surface area contributed by atoms with Crippen LogP contribution in [0.5, 0.6) is 0 Å². The molecule has 1 nitrogen and oxygen atoms in total. The Morgan fingerprint density at radius 3 is 2.38 bits per heavy atom. The summed E-state index contributed by atoms with van der Waals surface area (Å²) in [6.45, 7) is 11.2. The maximum Gasteiger partial charge on any atom is 0.0161 e. The monoisotopic (exact) mass is 179 g/mol. The summed E-state index contributed by atoms with van der Waals surface area (Å²) in [6, 6.07) is 0. The molecule has 0 aromatic rings. The Labute approximate surface area is 82.2 Å². The highest BCUT2D eigenvalue weighted by Crippen LogP contribution is 2.10. The fourth-order valence-corrected chi connectivity index (χ4v) is 1.07. The fourth-order valence-electron chi connectivity index (χ4n) is 1.07. The molecule has 0 aliphatic rings. The summed E-state index contributed by atoms with van der Waals surface area (Å²) in [4.78, 5) is 0. The molecule has 1 heteroatoms. The highest BCUT2D eigenvalue weighted by Gasteiger charge is 1.95. The van der Waals surface area contributed by atoms with E-state index >= 15 is 0 Å². The lowest BCUT2D eigenvalue weighted by Gasteiger charge is -2.04. The van der Waals surface area contributed by atoms with Crippen molar-refractivity contribution < 1.29 is 0 Å². The second-order valence-electron chi connectivity index (χ2n) is 3.57. The van der Waals surface area contributed by atoms with Crippen LogP contribution < -0.4 is 5.32 Å². The number of allylic oxidation sites excluding steroid dienone is 4. The molecule has 0 aliphatic carbocycles. The van der Waals surface area contributed by atoms with Crippen LogP contribution in [-0.2, 0) is 0 Å². The summed E-state index contributed by atoms with van der Waals surface area (Å²) in [5.74, 6) is 0.552. The van der Waals surface area contributed by atoms with Crippen molar-refractivity contribution in [3.8, 4) is 0 Å².